The summed E-state index contributed by atoms with van der Waals surface area (Å²) in [5.41, 5.74) is 1.48. The second kappa shape index (κ2) is 7.43. The zero-order valence-corrected chi connectivity index (χ0v) is 12.3. The van der Waals surface area contributed by atoms with Crippen molar-refractivity contribution in [1.82, 2.24) is 4.98 Å². The average molecular weight is 285 g/mol. The number of carbonyl (C=O) groups excluding carboxylic acids is 1. The van der Waals surface area contributed by atoms with Gasteiger partial charge in [0.05, 0.1) is 12.7 Å². The third-order valence-electron chi connectivity index (χ3n) is 2.92. The van der Waals surface area contributed by atoms with E-state index in [4.69, 9.17) is 9.47 Å². The van der Waals surface area contributed by atoms with Gasteiger partial charge in [-0.1, -0.05) is 30.3 Å². The molecule has 0 saturated heterocycles. The number of nitrogens with zero attached hydrogens (tertiary/aromatic N) is 1. The van der Waals surface area contributed by atoms with E-state index >= 15 is 0 Å². The number of esters is 1. The number of benzene rings is 1. The van der Waals surface area contributed by atoms with E-state index in [0.29, 0.717) is 12.4 Å². The molecule has 0 aliphatic carbocycles. The third-order valence-corrected chi connectivity index (χ3v) is 2.92. The van der Waals surface area contributed by atoms with Gasteiger partial charge in [0.25, 0.3) is 0 Å². The standard InChI is InChI=1S/C17H19NO3/c1-3-20-17(19)16-12-15(9-10-18-16)21-13(2)11-14-7-5-4-6-8-14/h4-10,12-13H,3,11H2,1-2H3/t13-/m0/s1. The molecule has 0 spiro atoms. The fourth-order valence-electron chi connectivity index (χ4n) is 2.02. The summed E-state index contributed by atoms with van der Waals surface area (Å²) in [4.78, 5) is 15.6. The molecule has 0 aliphatic rings. The van der Waals surface area contributed by atoms with Crippen LogP contribution >= 0.6 is 0 Å². The van der Waals surface area contributed by atoms with Gasteiger partial charge in [0, 0.05) is 18.7 Å². The largest absolute Gasteiger partial charge is 0.490 e. The third kappa shape index (κ3) is 4.60. The quantitative estimate of drug-likeness (QED) is 0.764. The molecule has 110 valence electrons. The molecule has 0 fully saturated rings. The molecule has 4 nitrogen and oxygen atoms in total. The molecule has 2 aromatic rings. The van der Waals surface area contributed by atoms with Gasteiger partial charge in [-0.2, -0.15) is 0 Å². The Bertz CT molecular complexity index is 584. The van der Waals surface area contributed by atoms with Crippen molar-refractivity contribution >= 4 is 5.97 Å². The monoisotopic (exact) mass is 285 g/mol. The summed E-state index contributed by atoms with van der Waals surface area (Å²) in [6.07, 6.45) is 2.36. The van der Waals surface area contributed by atoms with Crippen molar-refractivity contribution in [3.63, 3.8) is 0 Å². The van der Waals surface area contributed by atoms with E-state index in [0.717, 1.165) is 6.42 Å². The second-order valence-electron chi connectivity index (χ2n) is 4.72. The normalized spacial score (nSPS) is 11.7. The summed E-state index contributed by atoms with van der Waals surface area (Å²) in [5, 5.41) is 0. The maximum atomic E-state index is 11.6. The van der Waals surface area contributed by atoms with E-state index in [2.05, 4.69) is 17.1 Å². The Morgan fingerprint density at radius 3 is 2.71 bits per heavy atom. The molecule has 0 bridgehead atoms. The van der Waals surface area contributed by atoms with Gasteiger partial charge >= 0.3 is 5.97 Å². The van der Waals surface area contributed by atoms with Crippen molar-refractivity contribution in [3.8, 4) is 5.75 Å². The van der Waals surface area contributed by atoms with Crippen LogP contribution in [0.5, 0.6) is 5.75 Å². The Balaban J connectivity index is 1.99. The Hall–Kier alpha value is -2.36. The molecular formula is C17H19NO3. The average Bonchev–Trinajstić information content (AvgIpc) is 2.48. The van der Waals surface area contributed by atoms with Gasteiger partial charge in [0.15, 0.2) is 5.69 Å². The van der Waals surface area contributed by atoms with Crippen LogP contribution in [0.4, 0.5) is 0 Å². The lowest BCUT2D eigenvalue weighted by Gasteiger charge is -2.15. The predicted octanol–water partition coefficient (Wildman–Crippen LogP) is 3.27. The topological polar surface area (TPSA) is 48.4 Å². The first kappa shape index (κ1) is 15.0. The lowest BCUT2D eigenvalue weighted by atomic mass is 10.1. The van der Waals surface area contributed by atoms with E-state index < -0.39 is 5.97 Å². The maximum Gasteiger partial charge on any atom is 0.357 e. The molecule has 1 aromatic carbocycles. The molecule has 0 unspecified atom stereocenters. The highest BCUT2D eigenvalue weighted by molar-refractivity contribution is 5.87. The van der Waals surface area contributed by atoms with Crippen LogP contribution in [0.1, 0.15) is 29.9 Å². The first-order valence-electron chi connectivity index (χ1n) is 7.02. The van der Waals surface area contributed by atoms with Crippen LogP contribution in [0, 0.1) is 0 Å². The van der Waals surface area contributed by atoms with E-state index in [1.165, 1.54) is 5.56 Å². The second-order valence-corrected chi connectivity index (χ2v) is 4.72. The summed E-state index contributed by atoms with van der Waals surface area (Å²) < 4.78 is 10.8. The summed E-state index contributed by atoms with van der Waals surface area (Å²) >= 11 is 0. The predicted molar refractivity (Wildman–Crippen MR) is 80.4 cm³/mol. The number of carbonyl (C=O) groups is 1. The molecular weight excluding hydrogens is 266 g/mol. The van der Waals surface area contributed by atoms with Crippen molar-refractivity contribution in [2.75, 3.05) is 6.61 Å². The van der Waals surface area contributed by atoms with E-state index in [-0.39, 0.29) is 11.8 Å². The molecule has 1 heterocycles. The Morgan fingerprint density at radius 1 is 1.24 bits per heavy atom. The van der Waals surface area contributed by atoms with Gasteiger partial charge in [-0.05, 0) is 25.5 Å². The molecule has 0 saturated carbocycles. The molecule has 21 heavy (non-hydrogen) atoms. The molecule has 1 aromatic heterocycles. The first-order chi connectivity index (χ1) is 10.2. The van der Waals surface area contributed by atoms with Gasteiger partial charge in [0.1, 0.15) is 5.75 Å². The van der Waals surface area contributed by atoms with Crippen molar-refractivity contribution < 1.29 is 14.3 Å². The fraction of sp³-hybridized carbons (Fsp3) is 0.294. The number of pyridine rings is 1. The molecule has 2 rings (SSSR count). The smallest absolute Gasteiger partial charge is 0.357 e. The number of hydrogen-bond donors (Lipinski definition) is 0. The SMILES string of the molecule is CCOC(=O)c1cc(O[C@@H](C)Cc2ccccc2)ccn1. The minimum atomic E-state index is -0.432. The lowest BCUT2D eigenvalue weighted by Crippen LogP contribution is -2.15. The van der Waals surface area contributed by atoms with Crippen LogP contribution in [0.15, 0.2) is 48.7 Å². The maximum absolute atomic E-state index is 11.6. The molecule has 0 N–H and O–H groups in total. The van der Waals surface area contributed by atoms with Gasteiger partial charge in [-0.25, -0.2) is 9.78 Å². The van der Waals surface area contributed by atoms with Crippen molar-refractivity contribution in [3.05, 3.63) is 59.9 Å². The number of ether oxygens (including phenoxy) is 2. The minimum absolute atomic E-state index is 0.00449. The van der Waals surface area contributed by atoms with Gasteiger partial charge in [-0.15, -0.1) is 0 Å². The number of rotatable bonds is 6. The van der Waals surface area contributed by atoms with Crippen LogP contribution in [-0.2, 0) is 11.2 Å². The zero-order chi connectivity index (χ0) is 15.1. The van der Waals surface area contributed by atoms with Crippen LogP contribution in [0.25, 0.3) is 0 Å². The first-order valence-corrected chi connectivity index (χ1v) is 7.02. The van der Waals surface area contributed by atoms with Crippen LogP contribution in [0.3, 0.4) is 0 Å². The van der Waals surface area contributed by atoms with Gasteiger partial charge < -0.3 is 9.47 Å². The summed E-state index contributed by atoms with van der Waals surface area (Å²) in [6.45, 7) is 4.09. The lowest BCUT2D eigenvalue weighted by molar-refractivity contribution is 0.0518. The van der Waals surface area contributed by atoms with E-state index in [1.807, 2.05) is 25.1 Å². The Kier molecular flexibility index (Phi) is 5.32. The summed E-state index contributed by atoms with van der Waals surface area (Å²) in [7, 11) is 0. The molecule has 4 heteroatoms. The highest BCUT2D eigenvalue weighted by atomic mass is 16.5. The Morgan fingerprint density at radius 2 is 2.00 bits per heavy atom. The van der Waals surface area contributed by atoms with Gasteiger partial charge in [0.2, 0.25) is 0 Å². The minimum Gasteiger partial charge on any atom is -0.490 e. The fourth-order valence-corrected chi connectivity index (χ4v) is 2.02. The highest BCUT2D eigenvalue weighted by Crippen LogP contribution is 2.15. The van der Waals surface area contributed by atoms with Crippen molar-refractivity contribution in [2.45, 2.75) is 26.4 Å². The number of aromatic nitrogens is 1. The summed E-state index contributed by atoms with van der Waals surface area (Å²) in [6, 6.07) is 13.5. The molecule has 1 atom stereocenters. The summed E-state index contributed by atoms with van der Waals surface area (Å²) in [5.74, 6) is 0.190. The van der Waals surface area contributed by atoms with Crippen LogP contribution < -0.4 is 4.74 Å². The molecule has 0 amide bonds. The van der Waals surface area contributed by atoms with Crippen LogP contribution in [-0.4, -0.2) is 23.7 Å². The van der Waals surface area contributed by atoms with Crippen molar-refractivity contribution in [2.24, 2.45) is 0 Å². The Labute approximate surface area is 124 Å². The molecule has 0 radical (unpaired) electrons. The van der Waals surface area contributed by atoms with Crippen LogP contribution in [0.2, 0.25) is 0 Å². The highest BCUT2D eigenvalue weighted by Gasteiger charge is 2.11. The molecule has 0 aliphatic heterocycles. The van der Waals surface area contributed by atoms with Crippen molar-refractivity contribution in [1.29, 1.82) is 0 Å². The van der Waals surface area contributed by atoms with E-state index in [9.17, 15) is 4.79 Å². The van der Waals surface area contributed by atoms with E-state index in [1.54, 1.807) is 25.3 Å². The number of hydrogen-bond acceptors (Lipinski definition) is 4. The zero-order valence-electron chi connectivity index (χ0n) is 12.3. The van der Waals surface area contributed by atoms with Gasteiger partial charge in [-0.3, -0.25) is 0 Å².